The Morgan fingerprint density at radius 2 is 1.77 bits per heavy atom. The lowest BCUT2D eigenvalue weighted by atomic mass is 10.2. The molecule has 1 N–H and O–H groups in total. The Labute approximate surface area is 184 Å². The third-order valence-electron chi connectivity index (χ3n) is 5.39. The Morgan fingerprint density at radius 1 is 1.13 bits per heavy atom. The predicted octanol–water partition coefficient (Wildman–Crippen LogP) is 4.12. The molecule has 0 aromatic heterocycles. The van der Waals surface area contributed by atoms with Crippen LogP contribution in [0.2, 0.25) is 0 Å². The largest absolute Gasteiger partial charge is 0.495 e. The van der Waals surface area contributed by atoms with Crippen molar-refractivity contribution in [1.29, 1.82) is 0 Å². The van der Waals surface area contributed by atoms with Gasteiger partial charge in [0.2, 0.25) is 15.9 Å². The first-order valence-electron chi connectivity index (χ1n) is 10.4. The van der Waals surface area contributed by atoms with Crippen molar-refractivity contribution in [1.82, 2.24) is 0 Å². The van der Waals surface area contributed by atoms with E-state index in [1.807, 2.05) is 25.1 Å². The Morgan fingerprint density at radius 3 is 2.35 bits per heavy atom. The molecule has 1 amide bonds. The van der Waals surface area contributed by atoms with E-state index in [4.69, 9.17) is 9.47 Å². The van der Waals surface area contributed by atoms with Gasteiger partial charge in [-0.25, -0.2) is 8.42 Å². The van der Waals surface area contributed by atoms with Gasteiger partial charge in [0, 0.05) is 5.69 Å². The molecule has 3 rings (SSSR count). The van der Waals surface area contributed by atoms with Gasteiger partial charge in [0.05, 0.1) is 25.2 Å². The summed E-state index contributed by atoms with van der Waals surface area (Å²) in [6.45, 7) is 3.40. The molecule has 1 fully saturated rings. The average molecular weight is 447 g/mol. The van der Waals surface area contributed by atoms with Crippen LogP contribution in [0.25, 0.3) is 0 Å². The molecule has 1 saturated carbocycles. The molecular weight excluding hydrogens is 416 g/mol. The van der Waals surface area contributed by atoms with Gasteiger partial charge in [-0.3, -0.25) is 9.10 Å². The van der Waals surface area contributed by atoms with Crippen molar-refractivity contribution in [2.24, 2.45) is 0 Å². The lowest BCUT2D eigenvalue weighted by molar-refractivity contribution is -0.116. The maximum Gasteiger partial charge on any atom is 0.247 e. The second kappa shape index (κ2) is 9.60. The maximum absolute atomic E-state index is 12.9. The fourth-order valence-electron chi connectivity index (χ4n) is 3.82. The standard InChI is InChI=1S/C23H30N2O5S/c1-16-9-14-22(29-3)21(15-16)25(31(4,27)28)17(2)23(26)24-18-10-12-20(13-11-18)30-19-7-5-6-8-19/h9-15,17,19H,5-8H2,1-4H3,(H,24,26)/t17-/m1/s1. The quantitative estimate of drug-likeness (QED) is 0.659. The molecule has 0 heterocycles. The van der Waals surface area contributed by atoms with Gasteiger partial charge in [0.25, 0.3) is 0 Å². The Balaban J connectivity index is 1.77. The molecule has 2 aromatic carbocycles. The van der Waals surface area contributed by atoms with Crippen LogP contribution < -0.4 is 19.1 Å². The number of anilines is 2. The number of ether oxygens (including phenoxy) is 2. The molecule has 8 heteroatoms. The van der Waals surface area contributed by atoms with Crippen LogP contribution in [0.1, 0.15) is 38.2 Å². The van der Waals surface area contributed by atoms with Gasteiger partial charge in [-0.2, -0.15) is 0 Å². The SMILES string of the molecule is COc1ccc(C)cc1N([C@H](C)C(=O)Nc1ccc(OC2CCCC2)cc1)S(C)(=O)=O. The van der Waals surface area contributed by atoms with Crippen molar-refractivity contribution < 1.29 is 22.7 Å². The second-order valence-corrected chi connectivity index (χ2v) is 9.81. The van der Waals surface area contributed by atoms with Crippen LogP contribution in [0.4, 0.5) is 11.4 Å². The lowest BCUT2D eigenvalue weighted by Gasteiger charge is -2.29. The third-order valence-corrected chi connectivity index (χ3v) is 6.61. The Bertz CT molecular complexity index is 1010. The van der Waals surface area contributed by atoms with Crippen LogP contribution in [0, 0.1) is 6.92 Å². The molecule has 0 radical (unpaired) electrons. The van der Waals surface area contributed by atoms with E-state index in [2.05, 4.69) is 5.32 Å². The van der Waals surface area contributed by atoms with Gasteiger partial charge >= 0.3 is 0 Å². The van der Waals surface area contributed by atoms with E-state index in [0.717, 1.165) is 34.7 Å². The third kappa shape index (κ3) is 5.70. The number of nitrogens with one attached hydrogen (secondary N) is 1. The molecule has 0 saturated heterocycles. The smallest absolute Gasteiger partial charge is 0.247 e. The minimum Gasteiger partial charge on any atom is -0.495 e. The van der Waals surface area contributed by atoms with Gasteiger partial charge in [0.1, 0.15) is 17.5 Å². The molecule has 1 aliphatic rings. The molecule has 168 valence electrons. The number of nitrogens with zero attached hydrogens (tertiary/aromatic N) is 1. The number of hydrogen-bond donors (Lipinski definition) is 1. The molecule has 2 aromatic rings. The molecule has 0 bridgehead atoms. The molecule has 31 heavy (non-hydrogen) atoms. The van der Waals surface area contributed by atoms with Crippen LogP contribution in [0.3, 0.4) is 0 Å². The summed E-state index contributed by atoms with van der Waals surface area (Å²) in [6, 6.07) is 11.4. The fourth-order valence-corrected chi connectivity index (χ4v) is 4.99. The summed E-state index contributed by atoms with van der Waals surface area (Å²) in [7, 11) is -2.28. The summed E-state index contributed by atoms with van der Waals surface area (Å²) >= 11 is 0. The normalized spacial score (nSPS) is 15.4. The average Bonchev–Trinajstić information content (AvgIpc) is 3.22. The first kappa shape index (κ1) is 22.9. The van der Waals surface area contributed by atoms with Gasteiger partial charge in [0.15, 0.2) is 0 Å². The van der Waals surface area contributed by atoms with Crippen molar-refractivity contribution >= 4 is 27.3 Å². The van der Waals surface area contributed by atoms with E-state index in [0.29, 0.717) is 17.1 Å². The number of methoxy groups -OCH3 is 1. The number of hydrogen-bond acceptors (Lipinski definition) is 5. The molecule has 7 nitrogen and oxygen atoms in total. The maximum atomic E-state index is 12.9. The van der Waals surface area contributed by atoms with Crippen molar-refractivity contribution in [3.63, 3.8) is 0 Å². The van der Waals surface area contributed by atoms with E-state index in [9.17, 15) is 13.2 Å². The highest BCUT2D eigenvalue weighted by molar-refractivity contribution is 7.92. The highest BCUT2D eigenvalue weighted by Crippen LogP contribution is 2.33. The van der Waals surface area contributed by atoms with Crippen molar-refractivity contribution in [3.8, 4) is 11.5 Å². The molecule has 1 aliphatic carbocycles. The number of carbonyl (C=O) groups excluding carboxylic acids is 1. The molecule has 0 unspecified atom stereocenters. The van der Waals surface area contributed by atoms with E-state index in [-0.39, 0.29) is 6.10 Å². The van der Waals surface area contributed by atoms with Crippen molar-refractivity contribution in [2.75, 3.05) is 23.0 Å². The minimum atomic E-state index is -3.75. The molecule has 0 spiro atoms. The summed E-state index contributed by atoms with van der Waals surface area (Å²) in [4.78, 5) is 12.9. The zero-order chi connectivity index (χ0) is 22.6. The van der Waals surface area contributed by atoms with E-state index < -0.39 is 22.0 Å². The summed E-state index contributed by atoms with van der Waals surface area (Å²) in [5.41, 5.74) is 1.75. The highest BCUT2D eigenvalue weighted by Gasteiger charge is 2.31. The van der Waals surface area contributed by atoms with Crippen LogP contribution in [-0.2, 0) is 14.8 Å². The molecule has 1 atom stereocenters. The number of amides is 1. The van der Waals surface area contributed by atoms with E-state index >= 15 is 0 Å². The Hall–Kier alpha value is -2.74. The van der Waals surface area contributed by atoms with Crippen molar-refractivity contribution in [3.05, 3.63) is 48.0 Å². The second-order valence-electron chi connectivity index (χ2n) is 7.95. The summed E-state index contributed by atoms with van der Waals surface area (Å²) in [5, 5.41) is 2.80. The predicted molar refractivity (Wildman–Crippen MR) is 122 cm³/mol. The number of carbonyl (C=O) groups is 1. The highest BCUT2D eigenvalue weighted by atomic mass is 32.2. The number of sulfonamides is 1. The van der Waals surface area contributed by atoms with Crippen LogP contribution in [0.5, 0.6) is 11.5 Å². The van der Waals surface area contributed by atoms with Crippen LogP contribution in [0.15, 0.2) is 42.5 Å². The Kier molecular flexibility index (Phi) is 7.10. The zero-order valence-corrected chi connectivity index (χ0v) is 19.2. The molecular formula is C23H30N2O5S. The van der Waals surface area contributed by atoms with Gasteiger partial charge in [-0.05, 0) is 81.5 Å². The zero-order valence-electron chi connectivity index (χ0n) is 18.4. The topological polar surface area (TPSA) is 84.9 Å². The van der Waals surface area contributed by atoms with Crippen LogP contribution in [-0.4, -0.2) is 39.8 Å². The van der Waals surface area contributed by atoms with E-state index in [1.165, 1.54) is 20.0 Å². The monoisotopic (exact) mass is 446 g/mol. The molecule has 0 aliphatic heterocycles. The van der Waals surface area contributed by atoms with Gasteiger partial charge < -0.3 is 14.8 Å². The van der Waals surface area contributed by atoms with Gasteiger partial charge in [-0.1, -0.05) is 6.07 Å². The van der Waals surface area contributed by atoms with Crippen molar-refractivity contribution in [2.45, 2.75) is 51.7 Å². The van der Waals surface area contributed by atoms with Crippen LogP contribution >= 0.6 is 0 Å². The minimum absolute atomic E-state index is 0.257. The lowest BCUT2D eigenvalue weighted by Crippen LogP contribution is -2.45. The first-order chi connectivity index (χ1) is 14.7. The van der Waals surface area contributed by atoms with E-state index in [1.54, 1.807) is 31.2 Å². The summed E-state index contributed by atoms with van der Waals surface area (Å²) in [6.07, 6.45) is 5.86. The number of rotatable bonds is 8. The first-order valence-corrected chi connectivity index (χ1v) is 12.3. The number of aryl methyl sites for hydroxylation is 1. The fraction of sp³-hybridized carbons (Fsp3) is 0.435. The van der Waals surface area contributed by atoms with Gasteiger partial charge in [-0.15, -0.1) is 0 Å². The number of benzene rings is 2. The summed E-state index contributed by atoms with van der Waals surface area (Å²) in [5.74, 6) is 0.697. The summed E-state index contributed by atoms with van der Waals surface area (Å²) < 4.78 is 37.6.